The van der Waals surface area contributed by atoms with Crippen LogP contribution in [0, 0.1) is 5.92 Å². The van der Waals surface area contributed by atoms with Gasteiger partial charge in [-0.05, 0) is 38.4 Å². The molecule has 5 heteroatoms. The lowest BCUT2D eigenvalue weighted by atomic mass is 9.95. The summed E-state index contributed by atoms with van der Waals surface area (Å²) in [5.74, 6) is -0.169. The zero-order valence-electron chi connectivity index (χ0n) is 12.4. The zero-order valence-corrected chi connectivity index (χ0v) is 12.4. The summed E-state index contributed by atoms with van der Waals surface area (Å²) in [4.78, 5) is 25.4. The molecule has 0 aromatic heterocycles. The Bertz CT molecular complexity index is 482. The molecule has 1 aromatic carbocycles. The smallest absolute Gasteiger partial charge is 0.234 e. The lowest BCUT2D eigenvalue weighted by Crippen LogP contribution is -2.48. The molecule has 3 N–H and O–H groups in total. The van der Waals surface area contributed by atoms with Crippen LogP contribution in [0.25, 0.3) is 0 Å². The summed E-state index contributed by atoms with van der Waals surface area (Å²) in [5.41, 5.74) is 6.42. The first kappa shape index (κ1) is 15.5. The third-order valence-corrected chi connectivity index (χ3v) is 4.17. The molecule has 0 spiro atoms. The van der Waals surface area contributed by atoms with Crippen LogP contribution in [-0.4, -0.2) is 35.8 Å². The summed E-state index contributed by atoms with van der Waals surface area (Å²) in [6.07, 6.45) is 1.55. The SMILES string of the molecule is CC(C(N)=O)N1CCC(C(=O)NCc2ccccc2)CC1. The van der Waals surface area contributed by atoms with E-state index in [4.69, 9.17) is 5.73 Å². The fraction of sp³-hybridized carbons (Fsp3) is 0.500. The maximum Gasteiger partial charge on any atom is 0.234 e. The highest BCUT2D eigenvalue weighted by atomic mass is 16.2. The van der Waals surface area contributed by atoms with Crippen LogP contribution in [0.2, 0.25) is 0 Å². The Hall–Kier alpha value is -1.88. The minimum atomic E-state index is -0.304. The van der Waals surface area contributed by atoms with Crippen molar-refractivity contribution in [3.8, 4) is 0 Å². The molecule has 114 valence electrons. The van der Waals surface area contributed by atoms with Crippen molar-refractivity contribution in [2.75, 3.05) is 13.1 Å². The highest BCUT2D eigenvalue weighted by molar-refractivity contribution is 5.80. The molecule has 1 heterocycles. The molecule has 1 saturated heterocycles. The van der Waals surface area contributed by atoms with Crippen molar-refractivity contribution in [2.24, 2.45) is 11.7 Å². The van der Waals surface area contributed by atoms with E-state index in [2.05, 4.69) is 5.32 Å². The molecule has 2 rings (SSSR count). The number of amides is 2. The Labute approximate surface area is 125 Å². The molecule has 0 saturated carbocycles. The predicted molar refractivity (Wildman–Crippen MR) is 81.2 cm³/mol. The van der Waals surface area contributed by atoms with Crippen molar-refractivity contribution >= 4 is 11.8 Å². The van der Waals surface area contributed by atoms with Crippen LogP contribution in [0.3, 0.4) is 0 Å². The summed E-state index contributed by atoms with van der Waals surface area (Å²) in [7, 11) is 0. The second-order valence-electron chi connectivity index (χ2n) is 5.59. The molecule has 1 aliphatic heterocycles. The van der Waals surface area contributed by atoms with Crippen molar-refractivity contribution in [1.29, 1.82) is 0 Å². The minimum Gasteiger partial charge on any atom is -0.368 e. The van der Waals surface area contributed by atoms with Gasteiger partial charge >= 0.3 is 0 Å². The average molecular weight is 289 g/mol. The second-order valence-corrected chi connectivity index (χ2v) is 5.59. The van der Waals surface area contributed by atoms with E-state index in [1.54, 1.807) is 0 Å². The fourth-order valence-corrected chi connectivity index (χ4v) is 2.66. The van der Waals surface area contributed by atoms with Gasteiger partial charge in [-0.3, -0.25) is 14.5 Å². The van der Waals surface area contributed by atoms with E-state index in [1.807, 2.05) is 42.2 Å². The van der Waals surface area contributed by atoms with Gasteiger partial charge in [-0.2, -0.15) is 0 Å². The lowest BCUT2D eigenvalue weighted by molar-refractivity contribution is -0.127. The van der Waals surface area contributed by atoms with Crippen LogP contribution in [0.1, 0.15) is 25.3 Å². The quantitative estimate of drug-likeness (QED) is 0.845. The van der Waals surface area contributed by atoms with Gasteiger partial charge in [0.2, 0.25) is 11.8 Å². The van der Waals surface area contributed by atoms with E-state index in [-0.39, 0.29) is 23.8 Å². The summed E-state index contributed by atoms with van der Waals surface area (Å²) in [5, 5.41) is 2.99. The first-order chi connectivity index (χ1) is 10.1. The Kier molecular flexibility index (Phi) is 5.33. The van der Waals surface area contributed by atoms with Gasteiger partial charge in [0, 0.05) is 12.5 Å². The lowest BCUT2D eigenvalue weighted by Gasteiger charge is -2.34. The van der Waals surface area contributed by atoms with Gasteiger partial charge in [-0.25, -0.2) is 0 Å². The number of rotatable bonds is 5. The molecule has 2 amide bonds. The van der Waals surface area contributed by atoms with Crippen LogP contribution in [-0.2, 0) is 16.1 Å². The van der Waals surface area contributed by atoms with Crippen LogP contribution >= 0.6 is 0 Å². The molecule has 1 atom stereocenters. The summed E-state index contributed by atoms with van der Waals surface area (Å²) in [6, 6.07) is 9.63. The first-order valence-electron chi connectivity index (χ1n) is 7.43. The average Bonchev–Trinajstić information content (AvgIpc) is 2.53. The highest BCUT2D eigenvalue weighted by Crippen LogP contribution is 2.19. The van der Waals surface area contributed by atoms with E-state index >= 15 is 0 Å². The van der Waals surface area contributed by atoms with Crippen LogP contribution in [0.15, 0.2) is 30.3 Å². The highest BCUT2D eigenvalue weighted by Gasteiger charge is 2.28. The topological polar surface area (TPSA) is 75.4 Å². The fourth-order valence-electron chi connectivity index (χ4n) is 2.66. The monoisotopic (exact) mass is 289 g/mol. The van der Waals surface area contributed by atoms with Gasteiger partial charge in [0.05, 0.1) is 6.04 Å². The molecule has 0 radical (unpaired) electrons. The molecule has 1 unspecified atom stereocenters. The van der Waals surface area contributed by atoms with E-state index < -0.39 is 0 Å². The summed E-state index contributed by atoms with van der Waals surface area (Å²) >= 11 is 0. The van der Waals surface area contributed by atoms with Crippen molar-refractivity contribution in [1.82, 2.24) is 10.2 Å². The number of carbonyl (C=O) groups excluding carboxylic acids is 2. The first-order valence-corrected chi connectivity index (χ1v) is 7.43. The van der Waals surface area contributed by atoms with E-state index in [0.717, 1.165) is 31.5 Å². The molecule has 0 bridgehead atoms. The molecule has 1 aromatic rings. The Morgan fingerprint density at radius 1 is 1.29 bits per heavy atom. The number of likely N-dealkylation sites (tertiary alicyclic amines) is 1. The second kappa shape index (κ2) is 7.22. The van der Waals surface area contributed by atoms with Gasteiger partial charge in [-0.1, -0.05) is 30.3 Å². The van der Waals surface area contributed by atoms with Crippen LogP contribution in [0.5, 0.6) is 0 Å². The number of nitrogens with one attached hydrogen (secondary N) is 1. The summed E-state index contributed by atoms with van der Waals surface area (Å²) < 4.78 is 0. The van der Waals surface area contributed by atoms with Crippen LogP contribution in [0.4, 0.5) is 0 Å². The number of primary amides is 1. The maximum atomic E-state index is 12.2. The van der Waals surface area contributed by atoms with E-state index in [9.17, 15) is 9.59 Å². The van der Waals surface area contributed by atoms with E-state index in [0.29, 0.717) is 6.54 Å². The zero-order chi connectivity index (χ0) is 15.2. The Morgan fingerprint density at radius 3 is 2.48 bits per heavy atom. The predicted octanol–water partition coefficient (Wildman–Crippen LogP) is 0.889. The van der Waals surface area contributed by atoms with Gasteiger partial charge in [-0.15, -0.1) is 0 Å². The number of piperidine rings is 1. The number of hydrogen-bond acceptors (Lipinski definition) is 3. The molecule has 5 nitrogen and oxygen atoms in total. The normalized spacial score (nSPS) is 18.1. The number of nitrogens with two attached hydrogens (primary N) is 1. The third-order valence-electron chi connectivity index (χ3n) is 4.17. The molecular formula is C16H23N3O2. The summed E-state index contributed by atoms with van der Waals surface area (Å²) in [6.45, 7) is 3.87. The number of hydrogen-bond donors (Lipinski definition) is 2. The standard InChI is InChI=1S/C16H23N3O2/c1-12(15(17)20)19-9-7-14(8-10-19)16(21)18-11-13-5-3-2-4-6-13/h2-6,12,14H,7-11H2,1H3,(H2,17,20)(H,18,21). The van der Waals surface area contributed by atoms with E-state index in [1.165, 1.54) is 0 Å². The number of carbonyl (C=O) groups is 2. The van der Waals surface area contributed by atoms with Crippen molar-refractivity contribution < 1.29 is 9.59 Å². The molecule has 1 aliphatic rings. The Balaban J connectivity index is 1.77. The minimum absolute atomic E-state index is 0.0324. The Morgan fingerprint density at radius 2 is 1.90 bits per heavy atom. The van der Waals surface area contributed by atoms with Crippen LogP contribution < -0.4 is 11.1 Å². The number of nitrogens with zero attached hydrogens (tertiary/aromatic N) is 1. The van der Waals surface area contributed by atoms with Crippen molar-refractivity contribution in [3.63, 3.8) is 0 Å². The van der Waals surface area contributed by atoms with Gasteiger partial charge in [0.1, 0.15) is 0 Å². The van der Waals surface area contributed by atoms with Crippen molar-refractivity contribution in [3.05, 3.63) is 35.9 Å². The van der Waals surface area contributed by atoms with Gasteiger partial charge in [0.15, 0.2) is 0 Å². The molecule has 21 heavy (non-hydrogen) atoms. The largest absolute Gasteiger partial charge is 0.368 e. The molecule has 0 aliphatic carbocycles. The van der Waals surface area contributed by atoms with Crippen molar-refractivity contribution in [2.45, 2.75) is 32.4 Å². The third kappa shape index (κ3) is 4.29. The molecular weight excluding hydrogens is 266 g/mol. The van der Waals surface area contributed by atoms with Gasteiger partial charge in [0.25, 0.3) is 0 Å². The van der Waals surface area contributed by atoms with Gasteiger partial charge < -0.3 is 11.1 Å². The molecule has 1 fully saturated rings. The maximum absolute atomic E-state index is 12.2. The number of benzene rings is 1.